The van der Waals surface area contributed by atoms with Crippen LogP contribution in [0.5, 0.6) is 5.75 Å². The van der Waals surface area contributed by atoms with E-state index in [1.54, 1.807) is 52.2 Å². The maximum atomic E-state index is 13.6. The standard InChI is InChI=1S/C44H56N4O5/c1-9-10-11-12-13-26-52-37-24-20-32(21-25-37)35-28-45-39(46-29-35)33-16-14-31(15-17-33)27-38(41(50)47-30(2)42(51)53-44(6,7)8)48-40(49)34-18-22-36(23-19-34)43(3,4)5/h14-25,28-30,38H,9-13,26-27H2,1-8H3,(H,47,50)(H,48,49). The van der Waals surface area contributed by atoms with E-state index < -0.39 is 29.6 Å². The number of nitrogens with one attached hydrogen (secondary N) is 2. The van der Waals surface area contributed by atoms with E-state index in [0.717, 1.165) is 46.6 Å². The molecular formula is C44H56N4O5. The van der Waals surface area contributed by atoms with E-state index in [2.05, 4.69) is 48.3 Å². The number of benzene rings is 3. The number of nitrogens with zero attached hydrogens (tertiary/aromatic N) is 2. The maximum absolute atomic E-state index is 13.6. The third-order valence-electron chi connectivity index (χ3n) is 8.76. The molecule has 1 heterocycles. The number of hydrogen-bond donors (Lipinski definition) is 2. The minimum absolute atomic E-state index is 0.0663. The first kappa shape index (κ1) is 40.7. The predicted molar refractivity (Wildman–Crippen MR) is 211 cm³/mol. The smallest absolute Gasteiger partial charge is 0.328 e. The van der Waals surface area contributed by atoms with Crippen molar-refractivity contribution >= 4 is 17.8 Å². The van der Waals surface area contributed by atoms with Gasteiger partial charge in [0.05, 0.1) is 6.61 Å². The number of amides is 2. The van der Waals surface area contributed by atoms with Crippen molar-refractivity contribution in [3.05, 3.63) is 102 Å². The zero-order valence-electron chi connectivity index (χ0n) is 32.6. The molecule has 0 aliphatic heterocycles. The summed E-state index contributed by atoms with van der Waals surface area (Å²) in [5, 5.41) is 5.62. The predicted octanol–water partition coefficient (Wildman–Crippen LogP) is 8.64. The summed E-state index contributed by atoms with van der Waals surface area (Å²) in [5.41, 5.74) is 4.27. The van der Waals surface area contributed by atoms with E-state index >= 15 is 0 Å². The molecule has 4 aromatic rings. The van der Waals surface area contributed by atoms with Crippen molar-refractivity contribution in [2.24, 2.45) is 0 Å². The maximum Gasteiger partial charge on any atom is 0.328 e. The highest BCUT2D eigenvalue weighted by Gasteiger charge is 2.28. The fourth-order valence-corrected chi connectivity index (χ4v) is 5.63. The Kier molecular flexibility index (Phi) is 14.3. The second-order valence-electron chi connectivity index (χ2n) is 15.6. The molecule has 282 valence electrons. The van der Waals surface area contributed by atoms with E-state index in [1.807, 2.05) is 60.7 Å². The van der Waals surface area contributed by atoms with Crippen LogP contribution in [0.25, 0.3) is 22.5 Å². The quantitative estimate of drug-likeness (QED) is 0.0879. The molecule has 0 aliphatic carbocycles. The average Bonchev–Trinajstić information content (AvgIpc) is 3.12. The molecule has 0 fully saturated rings. The fraction of sp³-hybridized carbons (Fsp3) is 0.432. The SMILES string of the molecule is CCCCCCCOc1ccc(-c2cnc(-c3ccc(CC(NC(=O)c4ccc(C(C)(C)C)cc4)C(=O)NC(C)C(=O)OC(C)(C)C)cc3)nc2)cc1. The van der Waals surface area contributed by atoms with Gasteiger partial charge in [0.15, 0.2) is 5.82 Å². The molecule has 4 rings (SSSR count). The van der Waals surface area contributed by atoms with Gasteiger partial charge in [-0.3, -0.25) is 9.59 Å². The Balaban J connectivity index is 1.43. The Hall–Kier alpha value is -5.05. The zero-order valence-corrected chi connectivity index (χ0v) is 32.6. The Bertz CT molecular complexity index is 1770. The molecule has 53 heavy (non-hydrogen) atoms. The molecule has 0 saturated heterocycles. The Morgan fingerprint density at radius 3 is 1.91 bits per heavy atom. The highest BCUT2D eigenvalue weighted by Crippen LogP contribution is 2.25. The van der Waals surface area contributed by atoms with Crippen LogP contribution >= 0.6 is 0 Å². The van der Waals surface area contributed by atoms with Crippen molar-refractivity contribution in [3.63, 3.8) is 0 Å². The van der Waals surface area contributed by atoms with E-state index in [0.29, 0.717) is 11.4 Å². The number of carbonyl (C=O) groups is 3. The van der Waals surface area contributed by atoms with Crippen LogP contribution in [0, 0.1) is 0 Å². The van der Waals surface area contributed by atoms with Gasteiger partial charge in [-0.2, -0.15) is 0 Å². The van der Waals surface area contributed by atoms with Crippen molar-refractivity contribution < 1.29 is 23.9 Å². The third kappa shape index (κ3) is 12.8. The molecule has 0 radical (unpaired) electrons. The van der Waals surface area contributed by atoms with E-state index in [-0.39, 0.29) is 17.7 Å². The summed E-state index contributed by atoms with van der Waals surface area (Å²) < 4.78 is 11.4. The van der Waals surface area contributed by atoms with Gasteiger partial charge in [0, 0.05) is 35.5 Å². The Labute approximate surface area is 315 Å². The summed E-state index contributed by atoms with van der Waals surface area (Å²) in [5.74, 6) is -0.0171. The highest BCUT2D eigenvalue weighted by atomic mass is 16.6. The molecule has 0 saturated carbocycles. The van der Waals surface area contributed by atoms with Crippen LogP contribution < -0.4 is 15.4 Å². The Morgan fingerprint density at radius 1 is 0.717 bits per heavy atom. The lowest BCUT2D eigenvalue weighted by Crippen LogP contribution is -2.52. The topological polar surface area (TPSA) is 120 Å². The van der Waals surface area contributed by atoms with Gasteiger partial charge >= 0.3 is 5.97 Å². The van der Waals surface area contributed by atoms with Crippen LogP contribution in [0.4, 0.5) is 0 Å². The molecule has 2 atom stereocenters. The lowest BCUT2D eigenvalue weighted by atomic mass is 9.86. The second kappa shape index (κ2) is 18.6. The van der Waals surface area contributed by atoms with Crippen molar-refractivity contribution in [2.75, 3.05) is 6.61 Å². The van der Waals surface area contributed by atoms with Crippen LogP contribution in [0.15, 0.2) is 85.2 Å². The van der Waals surface area contributed by atoms with Gasteiger partial charge < -0.3 is 20.1 Å². The van der Waals surface area contributed by atoms with E-state index in [1.165, 1.54) is 25.7 Å². The normalized spacial score (nSPS) is 12.8. The number of rotatable bonds is 16. The van der Waals surface area contributed by atoms with Gasteiger partial charge in [-0.25, -0.2) is 14.8 Å². The van der Waals surface area contributed by atoms with Gasteiger partial charge in [0.1, 0.15) is 23.4 Å². The van der Waals surface area contributed by atoms with Gasteiger partial charge in [-0.15, -0.1) is 0 Å². The van der Waals surface area contributed by atoms with Crippen LogP contribution in [-0.4, -0.2) is 52.0 Å². The summed E-state index contributed by atoms with van der Waals surface area (Å²) in [6.45, 7) is 16.1. The van der Waals surface area contributed by atoms with Gasteiger partial charge in [-0.1, -0.05) is 102 Å². The van der Waals surface area contributed by atoms with E-state index in [4.69, 9.17) is 9.47 Å². The molecule has 0 bridgehead atoms. The van der Waals surface area contributed by atoms with Crippen LogP contribution in [0.3, 0.4) is 0 Å². The summed E-state index contributed by atoms with van der Waals surface area (Å²) in [7, 11) is 0. The zero-order chi connectivity index (χ0) is 38.6. The first-order chi connectivity index (χ1) is 25.1. The molecule has 9 nitrogen and oxygen atoms in total. The first-order valence-electron chi connectivity index (χ1n) is 18.7. The lowest BCUT2D eigenvalue weighted by Gasteiger charge is -2.25. The minimum atomic E-state index is -0.960. The van der Waals surface area contributed by atoms with Crippen molar-refractivity contribution in [3.8, 4) is 28.3 Å². The number of carbonyl (C=O) groups excluding carboxylic acids is 3. The summed E-state index contributed by atoms with van der Waals surface area (Å²) in [6, 6.07) is 21.0. The highest BCUT2D eigenvalue weighted by molar-refractivity contribution is 5.98. The second-order valence-corrected chi connectivity index (χ2v) is 15.6. The van der Waals surface area contributed by atoms with E-state index in [9.17, 15) is 14.4 Å². The number of unbranched alkanes of at least 4 members (excludes halogenated alkanes) is 4. The molecule has 2 amide bonds. The van der Waals surface area contributed by atoms with Crippen LogP contribution in [-0.2, 0) is 26.2 Å². The third-order valence-corrected chi connectivity index (χ3v) is 8.76. The van der Waals surface area contributed by atoms with Crippen molar-refractivity contribution in [1.29, 1.82) is 0 Å². The monoisotopic (exact) mass is 720 g/mol. The number of hydrogen-bond acceptors (Lipinski definition) is 7. The van der Waals surface area contributed by atoms with Crippen LogP contribution in [0.1, 0.15) is 109 Å². The molecule has 0 spiro atoms. The van der Waals surface area contributed by atoms with Gasteiger partial charge in [0.25, 0.3) is 5.91 Å². The lowest BCUT2D eigenvalue weighted by molar-refractivity contribution is -0.158. The number of esters is 1. The van der Waals surface area contributed by atoms with Crippen molar-refractivity contribution in [1.82, 2.24) is 20.6 Å². The minimum Gasteiger partial charge on any atom is -0.494 e. The first-order valence-corrected chi connectivity index (χ1v) is 18.7. The Morgan fingerprint density at radius 2 is 1.32 bits per heavy atom. The molecule has 2 unspecified atom stereocenters. The fourth-order valence-electron chi connectivity index (χ4n) is 5.63. The molecule has 2 N–H and O–H groups in total. The largest absolute Gasteiger partial charge is 0.494 e. The van der Waals surface area contributed by atoms with Crippen LogP contribution in [0.2, 0.25) is 0 Å². The summed E-state index contributed by atoms with van der Waals surface area (Å²) in [6.07, 6.45) is 9.81. The summed E-state index contributed by atoms with van der Waals surface area (Å²) >= 11 is 0. The van der Waals surface area contributed by atoms with Gasteiger partial charge in [-0.05, 0) is 80.5 Å². The molecule has 9 heteroatoms. The molecule has 3 aromatic carbocycles. The molecular weight excluding hydrogens is 665 g/mol. The molecule has 0 aliphatic rings. The van der Waals surface area contributed by atoms with Crippen molar-refractivity contribution in [2.45, 2.75) is 117 Å². The number of aromatic nitrogens is 2. The molecule has 1 aromatic heterocycles. The summed E-state index contributed by atoms with van der Waals surface area (Å²) in [4.78, 5) is 48.8. The number of ether oxygens (including phenoxy) is 2. The average molecular weight is 721 g/mol. The van der Waals surface area contributed by atoms with Gasteiger partial charge in [0.2, 0.25) is 5.91 Å².